The predicted octanol–water partition coefficient (Wildman–Crippen LogP) is 2.42. The number of hydrogen-bond acceptors (Lipinski definition) is 4. The van der Waals surface area contributed by atoms with Crippen LogP contribution in [-0.2, 0) is 4.79 Å². The van der Waals surface area contributed by atoms with Crippen molar-refractivity contribution in [2.45, 2.75) is 6.92 Å². The largest absolute Gasteiger partial charge is 0.497 e. The molecule has 0 bridgehead atoms. The number of hydrogen-bond donors (Lipinski definition) is 1. The third kappa shape index (κ3) is 3.98. The highest BCUT2D eigenvalue weighted by Crippen LogP contribution is 2.18. The van der Waals surface area contributed by atoms with E-state index >= 15 is 0 Å². The number of carbonyl (C=O) groups is 1. The van der Waals surface area contributed by atoms with Crippen LogP contribution in [0.3, 0.4) is 0 Å². The lowest BCUT2D eigenvalue weighted by atomic mass is 10.3. The molecule has 0 aliphatic heterocycles. The first-order valence-electron chi connectivity index (χ1n) is 6.18. The average molecular weight is 272 g/mol. The smallest absolute Gasteiger partial charge is 0.263 e. The van der Waals surface area contributed by atoms with Crippen molar-refractivity contribution in [3.8, 4) is 11.5 Å². The Kier molecular flexibility index (Phi) is 4.55. The van der Waals surface area contributed by atoms with Gasteiger partial charge in [0.1, 0.15) is 17.3 Å². The van der Waals surface area contributed by atoms with Gasteiger partial charge >= 0.3 is 0 Å². The highest BCUT2D eigenvalue weighted by atomic mass is 16.5. The molecule has 0 atom stereocenters. The van der Waals surface area contributed by atoms with Crippen molar-refractivity contribution in [1.29, 1.82) is 0 Å². The molecule has 1 aromatic heterocycles. The van der Waals surface area contributed by atoms with E-state index in [1.165, 1.54) is 0 Å². The van der Waals surface area contributed by atoms with Crippen LogP contribution in [0.5, 0.6) is 11.5 Å². The van der Waals surface area contributed by atoms with Crippen molar-refractivity contribution >= 4 is 11.7 Å². The summed E-state index contributed by atoms with van der Waals surface area (Å²) in [6, 6.07) is 12.5. The normalized spacial score (nSPS) is 9.90. The molecule has 0 unspecified atom stereocenters. The Morgan fingerprint density at radius 1 is 1.20 bits per heavy atom. The number of amides is 1. The van der Waals surface area contributed by atoms with E-state index in [1.54, 1.807) is 31.4 Å². The van der Waals surface area contributed by atoms with Gasteiger partial charge < -0.3 is 14.8 Å². The van der Waals surface area contributed by atoms with E-state index in [9.17, 15) is 4.79 Å². The Hall–Kier alpha value is -2.56. The van der Waals surface area contributed by atoms with Crippen molar-refractivity contribution in [2.75, 3.05) is 19.0 Å². The number of aromatic nitrogens is 1. The fourth-order valence-corrected chi connectivity index (χ4v) is 1.63. The van der Waals surface area contributed by atoms with E-state index < -0.39 is 0 Å². The zero-order chi connectivity index (χ0) is 14.4. The second-order valence-electron chi connectivity index (χ2n) is 4.18. The first-order chi connectivity index (χ1) is 9.67. The summed E-state index contributed by atoms with van der Waals surface area (Å²) >= 11 is 0. The second-order valence-corrected chi connectivity index (χ2v) is 4.18. The van der Waals surface area contributed by atoms with Gasteiger partial charge in [-0.2, -0.15) is 0 Å². The van der Waals surface area contributed by atoms with E-state index in [4.69, 9.17) is 9.47 Å². The van der Waals surface area contributed by atoms with E-state index in [0.717, 1.165) is 5.69 Å². The van der Waals surface area contributed by atoms with E-state index in [0.29, 0.717) is 17.3 Å². The topological polar surface area (TPSA) is 60.5 Å². The molecule has 0 radical (unpaired) electrons. The summed E-state index contributed by atoms with van der Waals surface area (Å²) in [5.74, 6) is 1.52. The van der Waals surface area contributed by atoms with Crippen LogP contribution in [0.4, 0.5) is 5.82 Å². The Balaban J connectivity index is 1.88. The highest BCUT2D eigenvalue weighted by Gasteiger charge is 2.05. The number of aryl methyl sites for hydroxylation is 1. The zero-order valence-corrected chi connectivity index (χ0v) is 11.4. The number of nitrogens with zero attached hydrogens (tertiary/aromatic N) is 1. The van der Waals surface area contributed by atoms with Crippen LogP contribution in [0.25, 0.3) is 0 Å². The van der Waals surface area contributed by atoms with Gasteiger partial charge in [-0.3, -0.25) is 4.79 Å². The molecule has 2 aromatic rings. The molecule has 0 aliphatic carbocycles. The lowest BCUT2D eigenvalue weighted by Crippen LogP contribution is -2.20. The molecule has 104 valence electrons. The van der Waals surface area contributed by atoms with Gasteiger partial charge in [0.25, 0.3) is 5.91 Å². The van der Waals surface area contributed by atoms with Gasteiger partial charge in [0.2, 0.25) is 0 Å². The van der Waals surface area contributed by atoms with Crippen LogP contribution in [-0.4, -0.2) is 24.6 Å². The molecule has 0 saturated carbocycles. The Morgan fingerprint density at radius 3 is 2.70 bits per heavy atom. The maximum atomic E-state index is 11.7. The number of methoxy groups -OCH3 is 1. The maximum Gasteiger partial charge on any atom is 0.263 e. The molecule has 0 aliphatic rings. The lowest BCUT2D eigenvalue weighted by molar-refractivity contribution is -0.118. The van der Waals surface area contributed by atoms with Gasteiger partial charge in [0.05, 0.1) is 7.11 Å². The third-order valence-electron chi connectivity index (χ3n) is 2.57. The standard InChI is InChI=1S/C15H16N2O3/c1-11-5-3-8-14(16-11)17-15(18)10-20-13-7-4-6-12(9-13)19-2/h3-9H,10H2,1-2H3,(H,16,17,18). The van der Waals surface area contributed by atoms with Crippen molar-refractivity contribution in [3.63, 3.8) is 0 Å². The first-order valence-corrected chi connectivity index (χ1v) is 6.18. The molecule has 0 saturated heterocycles. The quantitative estimate of drug-likeness (QED) is 0.908. The predicted molar refractivity (Wildman–Crippen MR) is 76.1 cm³/mol. The van der Waals surface area contributed by atoms with E-state index in [-0.39, 0.29) is 12.5 Å². The fraction of sp³-hybridized carbons (Fsp3) is 0.200. The second kappa shape index (κ2) is 6.56. The Bertz CT molecular complexity index is 599. The number of anilines is 1. The molecule has 5 nitrogen and oxygen atoms in total. The van der Waals surface area contributed by atoms with Gasteiger partial charge in [-0.15, -0.1) is 0 Å². The van der Waals surface area contributed by atoms with E-state index in [1.807, 2.05) is 25.1 Å². The number of rotatable bonds is 5. The summed E-state index contributed by atoms with van der Waals surface area (Å²) in [7, 11) is 1.58. The molecule has 1 amide bonds. The van der Waals surface area contributed by atoms with E-state index in [2.05, 4.69) is 10.3 Å². The maximum absolute atomic E-state index is 11.7. The molecular formula is C15H16N2O3. The van der Waals surface area contributed by atoms with Crippen LogP contribution >= 0.6 is 0 Å². The summed E-state index contributed by atoms with van der Waals surface area (Å²) < 4.78 is 10.5. The minimum absolute atomic E-state index is 0.0806. The molecule has 20 heavy (non-hydrogen) atoms. The Morgan fingerprint density at radius 2 is 1.95 bits per heavy atom. The number of nitrogens with one attached hydrogen (secondary N) is 1. The van der Waals surface area contributed by atoms with Crippen molar-refractivity contribution < 1.29 is 14.3 Å². The highest BCUT2D eigenvalue weighted by molar-refractivity contribution is 5.90. The summed E-state index contributed by atoms with van der Waals surface area (Å²) in [5, 5.41) is 2.68. The minimum Gasteiger partial charge on any atom is -0.497 e. The van der Waals surface area contributed by atoms with Crippen LogP contribution in [0.15, 0.2) is 42.5 Å². The van der Waals surface area contributed by atoms with Gasteiger partial charge in [0.15, 0.2) is 6.61 Å². The molecule has 0 spiro atoms. The molecule has 2 rings (SSSR count). The molecule has 1 heterocycles. The molecular weight excluding hydrogens is 256 g/mol. The van der Waals surface area contributed by atoms with Gasteiger partial charge in [-0.1, -0.05) is 12.1 Å². The SMILES string of the molecule is COc1cccc(OCC(=O)Nc2cccc(C)n2)c1. The van der Waals surface area contributed by atoms with Crippen LogP contribution in [0, 0.1) is 6.92 Å². The fourth-order valence-electron chi connectivity index (χ4n) is 1.63. The monoisotopic (exact) mass is 272 g/mol. The van der Waals surface area contributed by atoms with Crippen molar-refractivity contribution in [1.82, 2.24) is 4.98 Å². The number of benzene rings is 1. The molecule has 1 aromatic carbocycles. The van der Waals surface area contributed by atoms with Crippen molar-refractivity contribution in [2.24, 2.45) is 0 Å². The minimum atomic E-state index is -0.258. The molecule has 1 N–H and O–H groups in total. The zero-order valence-electron chi connectivity index (χ0n) is 11.4. The van der Waals surface area contributed by atoms with Gasteiger partial charge in [-0.25, -0.2) is 4.98 Å². The number of pyridine rings is 1. The van der Waals surface area contributed by atoms with Crippen LogP contribution in [0.2, 0.25) is 0 Å². The average Bonchev–Trinajstić information content (AvgIpc) is 2.45. The number of ether oxygens (including phenoxy) is 2. The first kappa shape index (κ1) is 13.9. The van der Waals surface area contributed by atoms with Crippen molar-refractivity contribution in [3.05, 3.63) is 48.2 Å². The summed E-state index contributed by atoms with van der Waals surface area (Å²) in [6.45, 7) is 1.78. The third-order valence-corrected chi connectivity index (χ3v) is 2.57. The van der Waals surface area contributed by atoms with Gasteiger partial charge in [-0.05, 0) is 31.2 Å². The summed E-state index contributed by atoms with van der Waals surface area (Å²) in [5.41, 5.74) is 0.844. The Labute approximate surface area is 117 Å². The summed E-state index contributed by atoms with van der Waals surface area (Å²) in [6.07, 6.45) is 0. The number of carbonyl (C=O) groups excluding carboxylic acids is 1. The molecule has 0 fully saturated rings. The molecule has 5 heteroatoms. The van der Waals surface area contributed by atoms with Crippen LogP contribution < -0.4 is 14.8 Å². The lowest BCUT2D eigenvalue weighted by Gasteiger charge is -2.08. The van der Waals surface area contributed by atoms with Crippen LogP contribution in [0.1, 0.15) is 5.69 Å². The van der Waals surface area contributed by atoms with Gasteiger partial charge in [0, 0.05) is 11.8 Å². The summed E-state index contributed by atoms with van der Waals surface area (Å²) in [4.78, 5) is 15.9.